The van der Waals surface area contributed by atoms with E-state index in [1.807, 2.05) is 55.7 Å². The molecule has 0 bridgehead atoms. The molecule has 0 atom stereocenters. The summed E-state index contributed by atoms with van der Waals surface area (Å²) in [6, 6.07) is 43.6. The summed E-state index contributed by atoms with van der Waals surface area (Å²) in [7, 11) is 0. The van der Waals surface area contributed by atoms with Crippen molar-refractivity contribution < 1.29 is 24.5 Å². The van der Waals surface area contributed by atoms with Gasteiger partial charge in [0, 0.05) is 43.3 Å². The third-order valence-corrected chi connectivity index (χ3v) is 7.72. The van der Waals surface area contributed by atoms with Crippen LogP contribution < -0.4 is 0 Å². The van der Waals surface area contributed by atoms with Crippen LogP contribution in [0, 0.1) is 26.0 Å². The van der Waals surface area contributed by atoms with Crippen LogP contribution in [0.2, 0.25) is 0 Å². The van der Waals surface area contributed by atoms with Crippen molar-refractivity contribution in [3.05, 3.63) is 156 Å². The summed E-state index contributed by atoms with van der Waals surface area (Å²) in [5.41, 5.74) is 10.3. The van der Waals surface area contributed by atoms with Crippen molar-refractivity contribution in [2.75, 3.05) is 0 Å². The minimum absolute atomic E-state index is 0. The Hall–Kier alpha value is -4.37. The predicted molar refractivity (Wildman–Crippen MR) is 172 cm³/mol. The zero-order chi connectivity index (χ0) is 29.1. The molecule has 0 saturated heterocycles. The minimum Gasteiger partial charge on any atom is -0.501 e. The van der Waals surface area contributed by atoms with Crippen molar-refractivity contribution in [3.8, 4) is 22.5 Å². The fourth-order valence-electron chi connectivity index (χ4n) is 5.20. The molecule has 3 heterocycles. The van der Waals surface area contributed by atoms with E-state index < -0.39 is 0 Å². The average molecular weight is 737 g/mol. The molecule has 0 N–H and O–H groups in total. The van der Waals surface area contributed by atoms with Crippen molar-refractivity contribution in [1.82, 2.24) is 9.97 Å². The SMILES string of the molecule is Cc1ccc(-c2[c-]cccc2)nc1.Cc1ccc2c(c1)oc1c(-c3cc(C(C)(C)c4ccccc4)ccn3)[c-]ccc12.[Ir]. The number of aromatic nitrogens is 2. The molecule has 0 amide bonds. The number of hydrogen-bond donors (Lipinski definition) is 0. The quantitative estimate of drug-likeness (QED) is 0.169. The normalized spacial score (nSPS) is 11.1. The largest absolute Gasteiger partial charge is 0.501 e. The molecule has 1 radical (unpaired) electrons. The average Bonchev–Trinajstić information content (AvgIpc) is 3.40. The van der Waals surface area contributed by atoms with E-state index in [1.54, 1.807) is 0 Å². The van der Waals surface area contributed by atoms with Crippen molar-refractivity contribution in [2.45, 2.75) is 33.1 Å². The van der Waals surface area contributed by atoms with Crippen LogP contribution in [0.5, 0.6) is 0 Å². The van der Waals surface area contributed by atoms with E-state index in [0.29, 0.717) is 0 Å². The molecule has 7 aromatic rings. The maximum Gasteiger partial charge on any atom is 0.121 e. The summed E-state index contributed by atoms with van der Waals surface area (Å²) >= 11 is 0. The second-order valence-corrected chi connectivity index (χ2v) is 11.1. The van der Waals surface area contributed by atoms with Gasteiger partial charge in [-0.15, -0.1) is 54.1 Å². The fraction of sp³-hybridized carbons (Fsp3) is 0.128. The van der Waals surface area contributed by atoms with E-state index >= 15 is 0 Å². The molecule has 0 spiro atoms. The fourth-order valence-corrected chi connectivity index (χ4v) is 5.20. The van der Waals surface area contributed by atoms with Gasteiger partial charge in [0.05, 0.1) is 5.58 Å². The zero-order valence-electron chi connectivity index (χ0n) is 24.7. The molecule has 3 nitrogen and oxygen atoms in total. The van der Waals surface area contributed by atoms with Crippen molar-refractivity contribution in [2.24, 2.45) is 0 Å². The van der Waals surface area contributed by atoms with Crippen LogP contribution >= 0.6 is 0 Å². The summed E-state index contributed by atoms with van der Waals surface area (Å²) in [6.45, 7) is 8.60. The van der Waals surface area contributed by atoms with E-state index in [-0.39, 0.29) is 25.5 Å². The summed E-state index contributed by atoms with van der Waals surface area (Å²) < 4.78 is 6.26. The van der Waals surface area contributed by atoms with E-state index in [1.165, 1.54) is 22.3 Å². The third kappa shape index (κ3) is 6.37. The van der Waals surface area contributed by atoms with Crippen LogP contribution in [0.3, 0.4) is 0 Å². The van der Waals surface area contributed by atoms with Gasteiger partial charge < -0.3 is 14.4 Å². The molecule has 0 aliphatic carbocycles. The molecule has 0 aliphatic heterocycles. The van der Waals surface area contributed by atoms with E-state index in [9.17, 15) is 0 Å². The molecule has 43 heavy (non-hydrogen) atoms. The Labute approximate surface area is 267 Å². The van der Waals surface area contributed by atoms with Gasteiger partial charge in [0.1, 0.15) is 5.58 Å². The first-order valence-corrected chi connectivity index (χ1v) is 14.2. The maximum atomic E-state index is 6.26. The van der Waals surface area contributed by atoms with Gasteiger partial charge in [-0.2, -0.15) is 0 Å². The molecule has 0 unspecified atom stereocenters. The smallest absolute Gasteiger partial charge is 0.121 e. The van der Waals surface area contributed by atoms with Crippen LogP contribution in [-0.2, 0) is 25.5 Å². The number of nitrogens with zero attached hydrogens (tertiary/aromatic N) is 2. The van der Waals surface area contributed by atoms with Crippen LogP contribution in [0.25, 0.3) is 44.5 Å². The molecular formula is C39H32IrN2O-2. The molecular weight excluding hydrogens is 705 g/mol. The first kappa shape index (κ1) is 30.1. The topological polar surface area (TPSA) is 38.9 Å². The number of pyridine rings is 2. The number of furan rings is 1. The zero-order valence-corrected chi connectivity index (χ0v) is 27.1. The van der Waals surface area contributed by atoms with E-state index in [0.717, 1.165) is 44.5 Å². The Morgan fingerprint density at radius 1 is 0.651 bits per heavy atom. The van der Waals surface area contributed by atoms with Gasteiger partial charge in [-0.25, -0.2) is 0 Å². The van der Waals surface area contributed by atoms with Crippen molar-refractivity contribution >= 4 is 21.9 Å². The molecule has 4 heteroatoms. The van der Waals surface area contributed by atoms with Gasteiger partial charge >= 0.3 is 0 Å². The first-order valence-electron chi connectivity index (χ1n) is 14.2. The Morgan fingerprint density at radius 3 is 2.19 bits per heavy atom. The van der Waals surface area contributed by atoms with Gasteiger partial charge in [0.15, 0.2) is 0 Å². The van der Waals surface area contributed by atoms with Gasteiger partial charge in [-0.1, -0.05) is 85.5 Å². The van der Waals surface area contributed by atoms with Gasteiger partial charge in [-0.3, -0.25) is 0 Å². The molecule has 3 aromatic heterocycles. The van der Waals surface area contributed by atoms with Gasteiger partial charge in [0.2, 0.25) is 0 Å². The second kappa shape index (κ2) is 12.9. The molecule has 4 aromatic carbocycles. The number of hydrogen-bond acceptors (Lipinski definition) is 3. The second-order valence-electron chi connectivity index (χ2n) is 11.1. The summed E-state index contributed by atoms with van der Waals surface area (Å²) in [6.07, 6.45) is 3.75. The number of aryl methyl sites for hydroxylation is 2. The monoisotopic (exact) mass is 737 g/mol. The molecule has 0 aliphatic rings. The summed E-state index contributed by atoms with van der Waals surface area (Å²) in [5.74, 6) is 0. The van der Waals surface area contributed by atoms with Crippen LogP contribution in [0.4, 0.5) is 0 Å². The predicted octanol–water partition coefficient (Wildman–Crippen LogP) is 9.94. The third-order valence-electron chi connectivity index (χ3n) is 7.72. The first-order chi connectivity index (χ1) is 20.4. The van der Waals surface area contributed by atoms with E-state index in [4.69, 9.17) is 4.42 Å². The number of rotatable bonds is 4. The maximum absolute atomic E-state index is 6.26. The number of benzene rings is 4. The number of fused-ring (bicyclic) bond motifs is 3. The van der Waals surface area contributed by atoms with Crippen molar-refractivity contribution in [1.29, 1.82) is 0 Å². The molecule has 0 fully saturated rings. The minimum atomic E-state index is -0.127. The van der Waals surface area contributed by atoms with Crippen LogP contribution in [-0.4, -0.2) is 9.97 Å². The Morgan fingerprint density at radius 2 is 1.44 bits per heavy atom. The molecule has 0 saturated carbocycles. The van der Waals surface area contributed by atoms with Crippen LogP contribution in [0.1, 0.15) is 36.1 Å². The summed E-state index contributed by atoms with van der Waals surface area (Å²) in [5, 5.41) is 2.23. The summed E-state index contributed by atoms with van der Waals surface area (Å²) in [4.78, 5) is 8.98. The van der Waals surface area contributed by atoms with Crippen molar-refractivity contribution in [3.63, 3.8) is 0 Å². The molecule has 7 rings (SSSR count). The standard InChI is InChI=1S/C27H22NO.C12H10N.Ir/c1-18-12-13-21-22-10-7-11-23(26(22)29-25(21)16-18)24-17-20(14-15-28-24)27(2,3)19-8-5-4-6-9-19;1-10-7-8-12(13-9-10)11-5-3-2-4-6-11;/h4-10,12-17H,1-3H3;2-5,7-9H,1H3;/q2*-1;. The Balaban J connectivity index is 0.000000221. The Kier molecular flexibility index (Phi) is 9.01. The van der Waals surface area contributed by atoms with Gasteiger partial charge in [0.25, 0.3) is 0 Å². The Bertz CT molecular complexity index is 1960. The van der Waals surface area contributed by atoms with E-state index in [2.05, 4.69) is 116 Å². The van der Waals surface area contributed by atoms with Crippen LogP contribution in [0.15, 0.2) is 126 Å². The molecule has 215 valence electrons. The van der Waals surface area contributed by atoms with Gasteiger partial charge in [-0.05, 0) is 59.6 Å².